The topological polar surface area (TPSA) is 104 Å². The Labute approximate surface area is 173 Å². The maximum atomic E-state index is 9.51. The average Bonchev–Trinajstić information content (AvgIpc) is 3.04. The van der Waals surface area contributed by atoms with E-state index < -0.39 is 0 Å². The second kappa shape index (κ2) is 9.46. The molecule has 7 nitrogen and oxygen atoms in total. The minimum Gasteiger partial charge on any atom is -0.382 e. The van der Waals surface area contributed by atoms with E-state index >= 15 is 0 Å². The number of nitrogens with zero attached hydrogens (tertiary/aromatic N) is 4. The molecule has 0 saturated heterocycles. The Balaban J connectivity index is 1.53. The number of hydrogen-bond donors (Lipinski definition) is 3. The van der Waals surface area contributed by atoms with Crippen molar-refractivity contribution in [3.8, 4) is 11.8 Å². The monoisotopic (exact) mass is 393 g/mol. The molecule has 1 aliphatic carbocycles. The summed E-state index contributed by atoms with van der Waals surface area (Å²) in [4.78, 5) is 4.32. The van der Waals surface area contributed by atoms with Gasteiger partial charge in [-0.3, -0.25) is 4.99 Å². The second-order valence-corrected chi connectivity index (χ2v) is 7.73. The van der Waals surface area contributed by atoms with Crippen LogP contribution in [0.3, 0.4) is 0 Å². The van der Waals surface area contributed by atoms with Crippen LogP contribution in [0.4, 0.5) is 5.82 Å². The smallest absolute Gasteiger partial charge is 0.190 e. The average molecular weight is 394 g/mol. The molecule has 1 heterocycles. The first-order valence-electron chi connectivity index (χ1n) is 10.4. The number of para-hydroxylation sites is 1. The molecule has 0 spiro atoms. The highest BCUT2D eigenvalue weighted by Crippen LogP contribution is 2.42. The summed E-state index contributed by atoms with van der Waals surface area (Å²) in [5, 5.41) is 20.9. The molecule has 3 rings (SSSR count). The Morgan fingerprint density at radius 3 is 2.66 bits per heavy atom. The quantitative estimate of drug-likeness (QED) is 0.363. The number of nitrogens with two attached hydrogens (primary N) is 1. The number of aliphatic imine (C=N–C) groups is 1. The van der Waals surface area contributed by atoms with Gasteiger partial charge in [0.2, 0.25) is 0 Å². The molecule has 1 aromatic heterocycles. The highest BCUT2D eigenvalue weighted by Gasteiger charge is 2.34. The summed E-state index contributed by atoms with van der Waals surface area (Å²) in [5.41, 5.74) is 8.67. The number of rotatable bonds is 8. The highest BCUT2D eigenvalue weighted by atomic mass is 15.3. The summed E-state index contributed by atoms with van der Waals surface area (Å²) in [6.45, 7) is 3.99. The predicted octanol–water partition coefficient (Wildman–Crippen LogP) is 3.00. The van der Waals surface area contributed by atoms with Crippen LogP contribution < -0.4 is 16.4 Å². The maximum absolute atomic E-state index is 9.51. The van der Waals surface area contributed by atoms with E-state index in [1.165, 1.54) is 25.7 Å². The Morgan fingerprint density at radius 1 is 1.31 bits per heavy atom. The number of guanidine groups is 1. The van der Waals surface area contributed by atoms with Crippen LogP contribution in [0.2, 0.25) is 0 Å². The lowest BCUT2D eigenvalue weighted by Crippen LogP contribution is -2.46. The zero-order valence-corrected chi connectivity index (χ0v) is 17.4. The molecule has 1 aromatic carbocycles. The van der Waals surface area contributed by atoms with Gasteiger partial charge in [-0.2, -0.15) is 10.4 Å². The largest absolute Gasteiger partial charge is 0.382 e. The molecule has 0 atom stereocenters. The summed E-state index contributed by atoms with van der Waals surface area (Å²) in [5.74, 6) is 1.23. The lowest BCUT2D eigenvalue weighted by Gasteiger charge is -2.41. The summed E-state index contributed by atoms with van der Waals surface area (Å²) in [6, 6.07) is 11.9. The van der Waals surface area contributed by atoms with Gasteiger partial charge in [-0.05, 0) is 49.7 Å². The van der Waals surface area contributed by atoms with Gasteiger partial charge >= 0.3 is 0 Å². The third-order valence-corrected chi connectivity index (χ3v) is 6.01. The van der Waals surface area contributed by atoms with Crippen molar-refractivity contribution in [1.29, 1.82) is 5.26 Å². The van der Waals surface area contributed by atoms with Crippen LogP contribution in [-0.4, -0.2) is 35.9 Å². The van der Waals surface area contributed by atoms with Gasteiger partial charge in [-0.1, -0.05) is 31.5 Å². The van der Waals surface area contributed by atoms with Gasteiger partial charge in [0.15, 0.2) is 5.96 Å². The number of aryl methyl sites for hydroxylation is 1. The fourth-order valence-corrected chi connectivity index (χ4v) is 3.83. The van der Waals surface area contributed by atoms with Crippen molar-refractivity contribution in [1.82, 2.24) is 20.4 Å². The standard InChI is InChI=1S/C22H31N7/c1-3-22(12-8-13-22)16-27-21(25-2)26-14-7-11-19-18(15-23)20(24)29(28-19)17-9-5-4-6-10-17/h4-6,9-10H,3,7-8,11-14,16,24H2,1-2H3,(H2,25,26,27). The van der Waals surface area contributed by atoms with Gasteiger partial charge in [0, 0.05) is 20.1 Å². The molecule has 7 heteroatoms. The van der Waals surface area contributed by atoms with Gasteiger partial charge in [0.25, 0.3) is 0 Å². The molecule has 0 aliphatic heterocycles. The molecule has 1 aliphatic rings. The Bertz CT molecular complexity index is 867. The summed E-state index contributed by atoms with van der Waals surface area (Å²) >= 11 is 0. The van der Waals surface area contributed by atoms with E-state index in [1.807, 2.05) is 30.3 Å². The summed E-state index contributed by atoms with van der Waals surface area (Å²) < 4.78 is 1.64. The number of nitrogens with one attached hydrogen (secondary N) is 2. The molecule has 0 radical (unpaired) electrons. The van der Waals surface area contributed by atoms with Gasteiger partial charge in [0.05, 0.1) is 11.4 Å². The molecule has 29 heavy (non-hydrogen) atoms. The second-order valence-electron chi connectivity index (χ2n) is 7.73. The normalized spacial score (nSPS) is 15.4. The number of anilines is 1. The first-order valence-corrected chi connectivity index (χ1v) is 10.4. The fourth-order valence-electron chi connectivity index (χ4n) is 3.83. The molecule has 0 unspecified atom stereocenters. The van der Waals surface area contributed by atoms with E-state index in [4.69, 9.17) is 5.73 Å². The minimum absolute atomic E-state index is 0.393. The zero-order chi connectivity index (χ0) is 20.7. The third-order valence-electron chi connectivity index (χ3n) is 6.01. The summed E-state index contributed by atoms with van der Waals surface area (Å²) in [6.07, 6.45) is 6.65. The molecule has 4 N–H and O–H groups in total. The van der Waals surface area contributed by atoms with E-state index in [9.17, 15) is 5.26 Å². The number of benzene rings is 1. The minimum atomic E-state index is 0.393. The Hall–Kier alpha value is -3.01. The van der Waals surface area contributed by atoms with Gasteiger partial charge in [-0.25, -0.2) is 4.68 Å². The molecular formula is C22H31N7. The maximum Gasteiger partial charge on any atom is 0.190 e. The van der Waals surface area contributed by atoms with Crippen LogP contribution in [0.25, 0.3) is 5.69 Å². The zero-order valence-electron chi connectivity index (χ0n) is 17.4. The predicted molar refractivity (Wildman–Crippen MR) is 117 cm³/mol. The van der Waals surface area contributed by atoms with E-state index in [-0.39, 0.29) is 0 Å². The first-order chi connectivity index (χ1) is 14.1. The fraction of sp³-hybridized carbons (Fsp3) is 0.500. The van der Waals surface area contributed by atoms with Crippen molar-refractivity contribution in [3.05, 3.63) is 41.6 Å². The molecule has 1 fully saturated rings. The van der Waals surface area contributed by atoms with Gasteiger partial charge in [0.1, 0.15) is 17.5 Å². The molecule has 0 bridgehead atoms. The van der Waals surface area contributed by atoms with Crippen molar-refractivity contribution < 1.29 is 0 Å². The van der Waals surface area contributed by atoms with Crippen LogP contribution in [0.15, 0.2) is 35.3 Å². The van der Waals surface area contributed by atoms with Crippen molar-refractivity contribution in [3.63, 3.8) is 0 Å². The van der Waals surface area contributed by atoms with E-state index in [1.54, 1.807) is 11.7 Å². The number of nitrogen functional groups attached to an aromatic ring is 1. The summed E-state index contributed by atoms with van der Waals surface area (Å²) in [7, 11) is 1.80. The van der Waals surface area contributed by atoms with Crippen molar-refractivity contribution in [2.75, 3.05) is 25.9 Å². The Morgan fingerprint density at radius 2 is 2.07 bits per heavy atom. The van der Waals surface area contributed by atoms with E-state index in [2.05, 4.69) is 33.7 Å². The van der Waals surface area contributed by atoms with Crippen molar-refractivity contribution in [2.45, 2.75) is 45.4 Å². The van der Waals surface area contributed by atoms with Crippen LogP contribution in [-0.2, 0) is 6.42 Å². The lowest BCUT2D eigenvalue weighted by molar-refractivity contribution is 0.131. The molecular weight excluding hydrogens is 362 g/mol. The van der Waals surface area contributed by atoms with Crippen LogP contribution >= 0.6 is 0 Å². The molecule has 154 valence electrons. The van der Waals surface area contributed by atoms with E-state index in [0.717, 1.165) is 36.9 Å². The van der Waals surface area contributed by atoms with Crippen LogP contribution in [0.1, 0.15) is 50.3 Å². The van der Waals surface area contributed by atoms with Crippen LogP contribution in [0.5, 0.6) is 0 Å². The first kappa shape index (κ1) is 20.7. The highest BCUT2D eigenvalue weighted by molar-refractivity contribution is 5.79. The van der Waals surface area contributed by atoms with Gasteiger partial charge < -0.3 is 16.4 Å². The number of nitriles is 1. The SMILES string of the molecule is CCC1(CNC(=NC)NCCCc2nn(-c3ccccc3)c(N)c2C#N)CCC1. The number of hydrogen-bond acceptors (Lipinski definition) is 4. The third kappa shape index (κ3) is 4.70. The van der Waals surface area contributed by atoms with Crippen molar-refractivity contribution in [2.24, 2.45) is 10.4 Å². The van der Waals surface area contributed by atoms with Crippen LogP contribution in [0, 0.1) is 16.7 Å². The molecule has 0 amide bonds. The van der Waals surface area contributed by atoms with Crippen molar-refractivity contribution >= 4 is 11.8 Å². The number of aromatic nitrogens is 2. The molecule has 1 saturated carbocycles. The van der Waals surface area contributed by atoms with E-state index in [0.29, 0.717) is 23.2 Å². The van der Waals surface area contributed by atoms with Gasteiger partial charge in [-0.15, -0.1) is 0 Å². The molecule has 2 aromatic rings. The lowest BCUT2D eigenvalue weighted by atomic mass is 9.67. The Kier molecular flexibility index (Phi) is 6.76.